The van der Waals surface area contributed by atoms with Gasteiger partial charge in [-0.3, -0.25) is 0 Å². The normalized spacial score (nSPS) is 20.8. The van der Waals surface area contributed by atoms with Crippen LogP contribution in [0, 0.1) is 0 Å². The number of ether oxygens (including phenoxy) is 1. The zero-order valence-corrected chi connectivity index (χ0v) is 11.8. The molecule has 1 aliphatic rings. The van der Waals surface area contributed by atoms with Crippen LogP contribution in [0.4, 0.5) is 0 Å². The Morgan fingerprint density at radius 1 is 1.05 bits per heavy atom. The molecule has 1 aromatic heterocycles. The average Bonchev–Trinajstić information content (AvgIpc) is 3.13. The summed E-state index contributed by atoms with van der Waals surface area (Å²) in [5.74, 6) is 0. The van der Waals surface area contributed by atoms with Crippen LogP contribution in [0.15, 0.2) is 46.9 Å². The molecule has 3 aromatic rings. The molecule has 1 saturated heterocycles. The van der Waals surface area contributed by atoms with Crippen molar-refractivity contribution < 1.29 is 9.15 Å². The molecule has 2 nitrogen and oxygen atoms in total. The highest BCUT2D eigenvalue weighted by Crippen LogP contribution is 2.36. The van der Waals surface area contributed by atoms with Crippen LogP contribution in [-0.2, 0) is 4.74 Å². The summed E-state index contributed by atoms with van der Waals surface area (Å²) in [5.41, 5.74) is 2.94. The van der Waals surface area contributed by atoms with E-state index in [-0.39, 0.29) is 11.5 Å². The van der Waals surface area contributed by atoms with Gasteiger partial charge in [-0.05, 0) is 36.6 Å². The second kappa shape index (κ2) is 4.80. The SMILES string of the molecule is ClC(c1ccc2oc3ccccc3c2c1)C1CCCO1. The Hall–Kier alpha value is -1.51. The summed E-state index contributed by atoms with van der Waals surface area (Å²) < 4.78 is 11.5. The van der Waals surface area contributed by atoms with Gasteiger partial charge in [0.25, 0.3) is 0 Å². The molecule has 4 rings (SSSR count). The number of para-hydroxylation sites is 1. The summed E-state index contributed by atoms with van der Waals surface area (Å²) in [5, 5.41) is 2.18. The fraction of sp³-hybridized carbons (Fsp3) is 0.294. The fourth-order valence-corrected chi connectivity index (χ4v) is 3.30. The standard InChI is InChI=1S/C17H15ClO2/c18-17(16-6-3-9-19-16)11-7-8-15-13(10-11)12-4-1-2-5-14(12)20-15/h1-2,4-5,7-8,10,16-17H,3,6,9H2. The first-order valence-corrected chi connectivity index (χ1v) is 7.43. The van der Waals surface area contributed by atoms with E-state index in [4.69, 9.17) is 20.8 Å². The lowest BCUT2D eigenvalue weighted by atomic mass is 10.0. The lowest BCUT2D eigenvalue weighted by Gasteiger charge is -2.16. The Kier molecular flexibility index (Phi) is 2.94. The zero-order valence-electron chi connectivity index (χ0n) is 11.0. The van der Waals surface area contributed by atoms with E-state index in [1.54, 1.807) is 0 Å². The molecule has 2 atom stereocenters. The largest absolute Gasteiger partial charge is 0.456 e. The number of hydrogen-bond acceptors (Lipinski definition) is 2. The van der Waals surface area contributed by atoms with Crippen LogP contribution in [0.1, 0.15) is 23.8 Å². The van der Waals surface area contributed by atoms with Gasteiger partial charge in [0.15, 0.2) is 0 Å². The van der Waals surface area contributed by atoms with Crippen LogP contribution < -0.4 is 0 Å². The minimum atomic E-state index is -0.0874. The number of hydrogen-bond donors (Lipinski definition) is 0. The third-order valence-corrected chi connectivity index (χ3v) is 4.54. The molecule has 0 spiro atoms. The van der Waals surface area contributed by atoms with Crippen molar-refractivity contribution in [3.05, 3.63) is 48.0 Å². The molecule has 1 fully saturated rings. The van der Waals surface area contributed by atoms with Crippen molar-refractivity contribution in [3.8, 4) is 0 Å². The van der Waals surface area contributed by atoms with Crippen LogP contribution in [0.2, 0.25) is 0 Å². The van der Waals surface area contributed by atoms with Crippen molar-refractivity contribution in [3.63, 3.8) is 0 Å². The second-order valence-electron chi connectivity index (χ2n) is 5.31. The minimum Gasteiger partial charge on any atom is -0.456 e. The molecule has 2 aromatic carbocycles. The van der Waals surface area contributed by atoms with E-state index in [9.17, 15) is 0 Å². The van der Waals surface area contributed by atoms with Crippen molar-refractivity contribution in [1.29, 1.82) is 0 Å². The highest BCUT2D eigenvalue weighted by atomic mass is 35.5. The number of furan rings is 1. The third kappa shape index (κ3) is 1.91. The molecular weight excluding hydrogens is 272 g/mol. The van der Waals surface area contributed by atoms with Crippen LogP contribution in [0.25, 0.3) is 21.9 Å². The quantitative estimate of drug-likeness (QED) is 0.615. The van der Waals surface area contributed by atoms with Gasteiger partial charge in [0.1, 0.15) is 11.2 Å². The van der Waals surface area contributed by atoms with E-state index in [1.807, 2.05) is 30.3 Å². The monoisotopic (exact) mass is 286 g/mol. The summed E-state index contributed by atoms with van der Waals surface area (Å²) in [7, 11) is 0. The maximum atomic E-state index is 6.58. The summed E-state index contributed by atoms with van der Waals surface area (Å²) >= 11 is 6.58. The molecule has 0 amide bonds. The van der Waals surface area contributed by atoms with E-state index in [0.717, 1.165) is 47.0 Å². The molecule has 2 unspecified atom stereocenters. The van der Waals surface area contributed by atoms with E-state index >= 15 is 0 Å². The molecule has 0 bridgehead atoms. The molecule has 0 saturated carbocycles. The van der Waals surface area contributed by atoms with Crippen LogP contribution in [-0.4, -0.2) is 12.7 Å². The van der Waals surface area contributed by atoms with E-state index < -0.39 is 0 Å². The lowest BCUT2D eigenvalue weighted by Crippen LogP contribution is -2.12. The molecule has 0 radical (unpaired) electrons. The first-order chi connectivity index (χ1) is 9.83. The highest BCUT2D eigenvalue weighted by Gasteiger charge is 2.26. The molecule has 20 heavy (non-hydrogen) atoms. The zero-order chi connectivity index (χ0) is 13.5. The maximum Gasteiger partial charge on any atom is 0.135 e. The van der Waals surface area contributed by atoms with Crippen molar-refractivity contribution in [2.24, 2.45) is 0 Å². The molecule has 102 valence electrons. The van der Waals surface area contributed by atoms with E-state index in [2.05, 4.69) is 12.1 Å². The van der Waals surface area contributed by atoms with Crippen molar-refractivity contribution in [2.75, 3.05) is 6.61 Å². The minimum absolute atomic E-state index is 0.0874. The van der Waals surface area contributed by atoms with Gasteiger partial charge >= 0.3 is 0 Å². The predicted octanol–water partition coefficient (Wildman–Crippen LogP) is 5.04. The Balaban J connectivity index is 1.82. The van der Waals surface area contributed by atoms with Gasteiger partial charge in [0, 0.05) is 17.4 Å². The van der Waals surface area contributed by atoms with Gasteiger partial charge in [-0.25, -0.2) is 0 Å². The van der Waals surface area contributed by atoms with Gasteiger partial charge in [-0.1, -0.05) is 24.3 Å². The predicted molar refractivity (Wildman–Crippen MR) is 81.3 cm³/mol. The molecule has 0 N–H and O–H groups in total. The highest BCUT2D eigenvalue weighted by molar-refractivity contribution is 6.21. The lowest BCUT2D eigenvalue weighted by molar-refractivity contribution is 0.107. The molecule has 0 aliphatic carbocycles. The number of alkyl halides is 1. The maximum absolute atomic E-state index is 6.58. The Morgan fingerprint density at radius 3 is 2.75 bits per heavy atom. The summed E-state index contributed by atoms with van der Waals surface area (Å²) in [6, 6.07) is 14.3. The first-order valence-electron chi connectivity index (χ1n) is 7.00. The second-order valence-corrected chi connectivity index (χ2v) is 5.78. The fourth-order valence-electron chi connectivity index (χ4n) is 2.96. The van der Waals surface area contributed by atoms with Gasteiger partial charge in [-0.2, -0.15) is 0 Å². The summed E-state index contributed by atoms with van der Waals surface area (Å²) in [6.45, 7) is 0.824. The smallest absolute Gasteiger partial charge is 0.135 e. The van der Waals surface area contributed by atoms with Crippen LogP contribution in [0.5, 0.6) is 0 Å². The van der Waals surface area contributed by atoms with Crippen LogP contribution >= 0.6 is 11.6 Å². The summed E-state index contributed by atoms with van der Waals surface area (Å²) in [6.07, 6.45) is 2.27. The van der Waals surface area contributed by atoms with Gasteiger partial charge in [-0.15, -0.1) is 11.6 Å². The first kappa shape index (κ1) is 12.2. The Labute approximate surface area is 122 Å². The molecule has 1 aliphatic heterocycles. The Morgan fingerprint density at radius 2 is 1.90 bits per heavy atom. The average molecular weight is 287 g/mol. The van der Waals surface area contributed by atoms with E-state index in [0.29, 0.717) is 0 Å². The van der Waals surface area contributed by atoms with Crippen molar-refractivity contribution in [1.82, 2.24) is 0 Å². The van der Waals surface area contributed by atoms with Crippen molar-refractivity contribution in [2.45, 2.75) is 24.3 Å². The Bertz CT molecular complexity index is 756. The van der Waals surface area contributed by atoms with Gasteiger partial charge in [0.05, 0.1) is 11.5 Å². The number of halogens is 1. The van der Waals surface area contributed by atoms with Gasteiger partial charge < -0.3 is 9.15 Å². The summed E-state index contributed by atoms with van der Waals surface area (Å²) in [4.78, 5) is 0. The van der Waals surface area contributed by atoms with Gasteiger partial charge in [0.2, 0.25) is 0 Å². The number of rotatable bonds is 2. The number of fused-ring (bicyclic) bond motifs is 3. The molecular formula is C17H15ClO2. The molecule has 2 heterocycles. The number of benzene rings is 2. The van der Waals surface area contributed by atoms with E-state index in [1.165, 1.54) is 0 Å². The van der Waals surface area contributed by atoms with Crippen molar-refractivity contribution >= 4 is 33.5 Å². The van der Waals surface area contributed by atoms with Crippen LogP contribution in [0.3, 0.4) is 0 Å². The topological polar surface area (TPSA) is 22.4 Å². The third-order valence-electron chi connectivity index (χ3n) is 4.01. The molecule has 3 heteroatoms.